The van der Waals surface area contributed by atoms with Crippen molar-refractivity contribution < 1.29 is 14.3 Å². The van der Waals surface area contributed by atoms with Crippen molar-refractivity contribution in [1.29, 1.82) is 0 Å². The molecule has 20 heavy (non-hydrogen) atoms. The van der Waals surface area contributed by atoms with Gasteiger partial charge in [0, 0.05) is 25.7 Å². The number of fused-ring (bicyclic) bond motifs is 1. The Hall–Kier alpha value is -1.75. The van der Waals surface area contributed by atoms with Crippen LogP contribution in [0.25, 0.3) is 0 Å². The molecule has 1 aromatic carbocycles. The Kier molecular flexibility index (Phi) is 3.53. The van der Waals surface area contributed by atoms with Crippen LogP contribution >= 0.6 is 0 Å². The zero-order valence-corrected chi connectivity index (χ0v) is 12.0. The van der Waals surface area contributed by atoms with E-state index in [9.17, 15) is 4.79 Å². The second kappa shape index (κ2) is 5.32. The van der Waals surface area contributed by atoms with Crippen LogP contribution < -0.4 is 9.47 Å². The molecule has 5 heteroatoms. The molecule has 2 heterocycles. The molecule has 1 fully saturated rings. The number of para-hydroxylation sites is 1. The van der Waals surface area contributed by atoms with Gasteiger partial charge in [-0.1, -0.05) is 6.07 Å². The van der Waals surface area contributed by atoms with Gasteiger partial charge in [-0.05, 0) is 26.1 Å². The van der Waals surface area contributed by atoms with Gasteiger partial charge in [0.1, 0.15) is 13.2 Å². The van der Waals surface area contributed by atoms with Crippen molar-refractivity contribution in [3.63, 3.8) is 0 Å². The number of piperazine rings is 1. The lowest BCUT2D eigenvalue weighted by Crippen LogP contribution is -2.52. The Morgan fingerprint density at radius 2 is 2.05 bits per heavy atom. The first-order valence-corrected chi connectivity index (χ1v) is 7.05. The summed E-state index contributed by atoms with van der Waals surface area (Å²) in [6, 6.07) is 5.72. The fourth-order valence-electron chi connectivity index (χ4n) is 2.84. The molecule has 0 saturated carbocycles. The van der Waals surface area contributed by atoms with E-state index in [0.29, 0.717) is 30.3 Å². The van der Waals surface area contributed by atoms with Gasteiger partial charge < -0.3 is 19.3 Å². The third-order valence-corrected chi connectivity index (χ3v) is 3.89. The van der Waals surface area contributed by atoms with Gasteiger partial charge in [0.05, 0.1) is 5.56 Å². The maximum atomic E-state index is 12.8. The molecule has 0 spiro atoms. The first-order chi connectivity index (χ1) is 9.66. The number of hydrogen-bond donors (Lipinski definition) is 0. The van der Waals surface area contributed by atoms with Crippen LogP contribution in [0.1, 0.15) is 17.3 Å². The van der Waals surface area contributed by atoms with Gasteiger partial charge in [-0.2, -0.15) is 0 Å². The molecule has 0 bridgehead atoms. The Balaban J connectivity index is 1.87. The highest BCUT2D eigenvalue weighted by molar-refractivity contribution is 5.98. The molecule has 2 aliphatic heterocycles. The molecule has 1 saturated heterocycles. The standard InChI is InChI=1S/C15H20N2O3/c1-11-10-16(2)6-7-17(11)15(18)12-4-3-5-13-14(12)20-9-8-19-13/h3-5,11H,6-10H2,1-2H3/t11-/m1/s1. The maximum absolute atomic E-state index is 12.8. The Morgan fingerprint density at radius 3 is 2.85 bits per heavy atom. The monoisotopic (exact) mass is 276 g/mol. The molecule has 5 nitrogen and oxygen atoms in total. The van der Waals surface area contributed by atoms with Gasteiger partial charge in [0.25, 0.3) is 5.91 Å². The molecule has 108 valence electrons. The molecule has 1 amide bonds. The molecule has 0 unspecified atom stereocenters. The van der Waals surface area contributed by atoms with E-state index in [1.807, 2.05) is 23.1 Å². The summed E-state index contributed by atoms with van der Waals surface area (Å²) in [4.78, 5) is 16.9. The summed E-state index contributed by atoms with van der Waals surface area (Å²) in [5, 5.41) is 0. The van der Waals surface area contributed by atoms with Crippen molar-refractivity contribution >= 4 is 5.91 Å². The van der Waals surface area contributed by atoms with E-state index in [2.05, 4.69) is 18.9 Å². The minimum absolute atomic E-state index is 0.0351. The molecule has 0 radical (unpaired) electrons. The number of carbonyl (C=O) groups is 1. The summed E-state index contributed by atoms with van der Waals surface area (Å²) in [5.41, 5.74) is 0.610. The quantitative estimate of drug-likeness (QED) is 0.774. The Labute approximate surface area is 119 Å². The van der Waals surface area contributed by atoms with Crippen LogP contribution in [0.15, 0.2) is 18.2 Å². The van der Waals surface area contributed by atoms with Crippen molar-refractivity contribution in [3.8, 4) is 11.5 Å². The van der Waals surface area contributed by atoms with Crippen molar-refractivity contribution in [2.24, 2.45) is 0 Å². The highest BCUT2D eigenvalue weighted by atomic mass is 16.6. The van der Waals surface area contributed by atoms with Gasteiger partial charge in [-0.3, -0.25) is 4.79 Å². The number of amides is 1. The molecular formula is C15H20N2O3. The lowest BCUT2D eigenvalue weighted by Gasteiger charge is -2.38. The number of likely N-dealkylation sites (N-methyl/N-ethyl adjacent to an activating group) is 1. The second-order valence-corrected chi connectivity index (χ2v) is 5.44. The smallest absolute Gasteiger partial charge is 0.258 e. The topological polar surface area (TPSA) is 42.0 Å². The van der Waals surface area contributed by atoms with E-state index >= 15 is 0 Å². The lowest BCUT2D eigenvalue weighted by atomic mass is 10.1. The summed E-state index contributed by atoms with van der Waals surface area (Å²) in [6.07, 6.45) is 0. The highest BCUT2D eigenvalue weighted by Gasteiger charge is 2.29. The van der Waals surface area contributed by atoms with Crippen molar-refractivity contribution in [1.82, 2.24) is 9.80 Å². The van der Waals surface area contributed by atoms with Crippen molar-refractivity contribution in [2.45, 2.75) is 13.0 Å². The first kappa shape index (κ1) is 13.2. The zero-order valence-electron chi connectivity index (χ0n) is 12.0. The SMILES string of the molecule is C[C@@H]1CN(C)CCN1C(=O)c1cccc2c1OCCO2. The summed E-state index contributed by atoms with van der Waals surface area (Å²) in [6.45, 7) is 5.67. The average molecular weight is 276 g/mol. The average Bonchev–Trinajstić information content (AvgIpc) is 2.46. The van der Waals surface area contributed by atoms with Crippen LogP contribution in [0.4, 0.5) is 0 Å². The van der Waals surface area contributed by atoms with E-state index in [1.54, 1.807) is 0 Å². The van der Waals surface area contributed by atoms with Gasteiger partial charge in [-0.15, -0.1) is 0 Å². The van der Waals surface area contributed by atoms with Gasteiger partial charge in [-0.25, -0.2) is 0 Å². The molecular weight excluding hydrogens is 256 g/mol. The molecule has 0 aromatic heterocycles. The van der Waals surface area contributed by atoms with Gasteiger partial charge >= 0.3 is 0 Å². The molecule has 0 N–H and O–H groups in total. The van der Waals surface area contributed by atoms with E-state index in [0.717, 1.165) is 19.6 Å². The predicted molar refractivity (Wildman–Crippen MR) is 75.4 cm³/mol. The van der Waals surface area contributed by atoms with Crippen LogP contribution in [-0.2, 0) is 0 Å². The van der Waals surface area contributed by atoms with Crippen LogP contribution in [0.3, 0.4) is 0 Å². The third-order valence-electron chi connectivity index (χ3n) is 3.89. The Bertz CT molecular complexity index is 518. The van der Waals surface area contributed by atoms with Crippen molar-refractivity contribution in [2.75, 3.05) is 39.9 Å². The fraction of sp³-hybridized carbons (Fsp3) is 0.533. The molecule has 3 rings (SSSR count). The summed E-state index contributed by atoms with van der Waals surface area (Å²) in [5.74, 6) is 1.30. The van der Waals surface area contributed by atoms with E-state index in [4.69, 9.17) is 9.47 Å². The number of benzene rings is 1. The number of nitrogens with zero attached hydrogens (tertiary/aromatic N) is 2. The van der Waals surface area contributed by atoms with Crippen molar-refractivity contribution in [3.05, 3.63) is 23.8 Å². The zero-order chi connectivity index (χ0) is 14.1. The van der Waals surface area contributed by atoms with Gasteiger partial charge in [0.2, 0.25) is 0 Å². The number of hydrogen-bond acceptors (Lipinski definition) is 4. The summed E-state index contributed by atoms with van der Waals surface area (Å²) in [7, 11) is 2.08. The van der Waals surface area contributed by atoms with Gasteiger partial charge in [0.15, 0.2) is 11.5 Å². The van der Waals surface area contributed by atoms with E-state index in [-0.39, 0.29) is 11.9 Å². The largest absolute Gasteiger partial charge is 0.486 e. The van der Waals surface area contributed by atoms with E-state index < -0.39 is 0 Å². The minimum Gasteiger partial charge on any atom is -0.486 e. The maximum Gasteiger partial charge on any atom is 0.258 e. The normalized spacial score (nSPS) is 22.7. The molecule has 1 aromatic rings. The van der Waals surface area contributed by atoms with Crippen LogP contribution in [0, 0.1) is 0 Å². The number of ether oxygens (including phenoxy) is 2. The first-order valence-electron chi connectivity index (χ1n) is 7.05. The minimum atomic E-state index is 0.0351. The van der Waals surface area contributed by atoms with Crippen LogP contribution in [-0.4, -0.2) is 61.6 Å². The number of carbonyl (C=O) groups excluding carboxylic acids is 1. The predicted octanol–water partition coefficient (Wildman–Crippen LogP) is 1.23. The number of rotatable bonds is 1. The highest BCUT2D eigenvalue weighted by Crippen LogP contribution is 2.34. The molecule has 1 atom stereocenters. The molecule has 0 aliphatic carbocycles. The Morgan fingerprint density at radius 1 is 1.25 bits per heavy atom. The summed E-state index contributed by atoms with van der Waals surface area (Å²) >= 11 is 0. The van der Waals surface area contributed by atoms with E-state index in [1.165, 1.54) is 0 Å². The van der Waals surface area contributed by atoms with Crippen LogP contribution in [0.5, 0.6) is 11.5 Å². The third kappa shape index (κ3) is 2.33. The summed E-state index contributed by atoms with van der Waals surface area (Å²) < 4.78 is 11.2. The van der Waals surface area contributed by atoms with Crippen LogP contribution in [0.2, 0.25) is 0 Å². The second-order valence-electron chi connectivity index (χ2n) is 5.44. The fourth-order valence-corrected chi connectivity index (χ4v) is 2.84. The lowest BCUT2D eigenvalue weighted by molar-refractivity contribution is 0.0525. The molecule has 2 aliphatic rings.